The van der Waals surface area contributed by atoms with Gasteiger partial charge >= 0.3 is 0 Å². The maximum absolute atomic E-state index is 5.77. The SMILES string of the molecule is C=C(C)CN=C(N)Nc1cc(OC)ccc1OC. The van der Waals surface area contributed by atoms with Crippen LogP contribution in [0.1, 0.15) is 6.92 Å². The van der Waals surface area contributed by atoms with Crippen LogP contribution in [0.25, 0.3) is 0 Å². The third-order valence-electron chi connectivity index (χ3n) is 2.19. The van der Waals surface area contributed by atoms with Crippen molar-refractivity contribution >= 4 is 11.6 Å². The van der Waals surface area contributed by atoms with E-state index >= 15 is 0 Å². The summed E-state index contributed by atoms with van der Waals surface area (Å²) in [5.74, 6) is 1.69. The molecule has 0 saturated carbocycles. The third-order valence-corrected chi connectivity index (χ3v) is 2.19. The fourth-order valence-electron chi connectivity index (χ4n) is 1.31. The largest absolute Gasteiger partial charge is 0.497 e. The van der Waals surface area contributed by atoms with Gasteiger partial charge < -0.3 is 20.5 Å². The highest BCUT2D eigenvalue weighted by Gasteiger charge is 2.05. The molecular formula is C13H19N3O2. The van der Waals surface area contributed by atoms with E-state index in [1.807, 2.05) is 13.0 Å². The van der Waals surface area contributed by atoms with Crippen LogP contribution in [0.15, 0.2) is 35.3 Å². The van der Waals surface area contributed by atoms with Gasteiger partial charge in [-0.15, -0.1) is 0 Å². The van der Waals surface area contributed by atoms with Crippen LogP contribution in [0.3, 0.4) is 0 Å². The fraction of sp³-hybridized carbons (Fsp3) is 0.308. The molecule has 98 valence electrons. The number of benzene rings is 1. The van der Waals surface area contributed by atoms with E-state index in [9.17, 15) is 0 Å². The van der Waals surface area contributed by atoms with Crippen molar-refractivity contribution in [2.75, 3.05) is 26.1 Å². The Kier molecular flexibility index (Phi) is 5.05. The maximum atomic E-state index is 5.77. The summed E-state index contributed by atoms with van der Waals surface area (Å²) in [5.41, 5.74) is 7.42. The van der Waals surface area contributed by atoms with Crippen LogP contribution >= 0.6 is 0 Å². The first-order valence-corrected chi connectivity index (χ1v) is 5.50. The minimum absolute atomic E-state index is 0.310. The number of anilines is 1. The number of nitrogens with two attached hydrogens (primary N) is 1. The number of ether oxygens (including phenoxy) is 2. The summed E-state index contributed by atoms with van der Waals surface area (Å²) in [6.07, 6.45) is 0. The van der Waals surface area contributed by atoms with Crippen molar-refractivity contribution in [3.8, 4) is 11.5 Å². The third kappa shape index (κ3) is 4.01. The zero-order valence-corrected chi connectivity index (χ0v) is 11.0. The first-order chi connectivity index (χ1) is 8.56. The minimum Gasteiger partial charge on any atom is -0.497 e. The summed E-state index contributed by atoms with van der Waals surface area (Å²) in [5, 5.41) is 2.97. The molecule has 0 aliphatic rings. The lowest BCUT2D eigenvalue weighted by Gasteiger charge is -2.12. The van der Waals surface area contributed by atoms with Gasteiger partial charge in [-0.05, 0) is 19.1 Å². The van der Waals surface area contributed by atoms with Crippen LogP contribution < -0.4 is 20.5 Å². The van der Waals surface area contributed by atoms with Crippen LogP contribution in [-0.4, -0.2) is 26.7 Å². The minimum atomic E-state index is 0.310. The van der Waals surface area contributed by atoms with Gasteiger partial charge in [0.25, 0.3) is 0 Å². The van der Waals surface area contributed by atoms with Crippen molar-refractivity contribution in [1.82, 2.24) is 0 Å². The van der Waals surface area contributed by atoms with Crippen molar-refractivity contribution in [2.24, 2.45) is 10.7 Å². The molecule has 18 heavy (non-hydrogen) atoms. The van der Waals surface area contributed by atoms with Crippen molar-refractivity contribution in [2.45, 2.75) is 6.92 Å². The molecular weight excluding hydrogens is 230 g/mol. The molecule has 0 fully saturated rings. The second kappa shape index (κ2) is 6.54. The molecule has 5 nitrogen and oxygen atoms in total. The Balaban J connectivity index is 2.87. The van der Waals surface area contributed by atoms with E-state index in [1.165, 1.54) is 0 Å². The van der Waals surface area contributed by atoms with Crippen LogP contribution in [0.4, 0.5) is 5.69 Å². The van der Waals surface area contributed by atoms with E-state index in [0.717, 1.165) is 5.57 Å². The average Bonchev–Trinajstić information content (AvgIpc) is 2.36. The number of hydrogen-bond acceptors (Lipinski definition) is 3. The molecule has 1 rings (SSSR count). The first kappa shape index (κ1) is 13.9. The van der Waals surface area contributed by atoms with Crippen molar-refractivity contribution < 1.29 is 9.47 Å². The highest BCUT2D eigenvalue weighted by Crippen LogP contribution is 2.28. The zero-order chi connectivity index (χ0) is 13.5. The molecule has 5 heteroatoms. The Bertz CT molecular complexity index is 456. The summed E-state index contributed by atoms with van der Waals surface area (Å²) >= 11 is 0. The molecule has 0 aliphatic heterocycles. The smallest absolute Gasteiger partial charge is 0.193 e. The lowest BCUT2D eigenvalue weighted by Crippen LogP contribution is -2.23. The molecule has 0 aromatic heterocycles. The number of nitrogens with one attached hydrogen (secondary N) is 1. The predicted molar refractivity (Wildman–Crippen MR) is 74.5 cm³/mol. The van der Waals surface area contributed by atoms with Crippen LogP contribution in [0.5, 0.6) is 11.5 Å². The van der Waals surface area contributed by atoms with E-state index in [4.69, 9.17) is 15.2 Å². The van der Waals surface area contributed by atoms with E-state index in [1.54, 1.807) is 26.4 Å². The number of rotatable bonds is 5. The lowest BCUT2D eigenvalue weighted by molar-refractivity contribution is 0.405. The molecule has 0 atom stereocenters. The summed E-state index contributed by atoms with van der Waals surface area (Å²) < 4.78 is 10.4. The molecule has 1 aromatic rings. The van der Waals surface area contributed by atoms with Gasteiger partial charge in [-0.3, -0.25) is 0 Å². The quantitative estimate of drug-likeness (QED) is 0.476. The van der Waals surface area contributed by atoms with Crippen molar-refractivity contribution in [1.29, 1.82) is 0 Å². The number of aliphatic imine (C=N–C) groups is 1. The van der Waals surface area contributed by atoms with Crippen molar-refractivity contribution in [3.05, 3.63) is 30.4 Å². The van der Waals surface area contributed by atoms with Crippen LogP contribution in [0.2, 0.25) is 0 Å². The Morgan fingerprint density at radius 3 is 2.67 bits per heavy atom. The Morgan fingerprint density at radius 2 is 2.11 bits per heavy atom. The van der Waals surface area contributed by atoms with E-state index in [2.05, 4.69) is 16.9 Å². The Labute approximate surface area is 107 Å². The lowest BCUT2D eigenvalue weighted by atomic mass is 10.2. The van der Waals surface area contributed by atoms with Gasteiger partial charge in [-0.2, -0.15) is 0 Å². The standard InChI is InChI=1S/C13H19N3O2/c1-9(2)8-15-13(14)16-11-7-10(17-3)5-6-12(11)18-4/h5-7H,1,8H2,2-4H3,(H3,14,15,16). The molecule has 0 amide bonds. The van der Waals surface area contributed by atoms with Gasteiger partial charge in [-0.1, -0.05) is 12.2 Å². The molecule has 3 N–H and O–H groups in total. The number of nitrogens with zero attached hydrogens (tertiary/aromatic N) is 1. The monoisotopic (exact) mass is 249 g/mol. The fourth-order valence-corrected chi connectivity index (χ4v) is 1.31. The number of guanidine groups is 1. The normalized spacial score (nSPS) is 10.9. The Morgan fingerprint density at radius 1 is 1.39 bits per heavy atom. The van der Waals surface area contributed by atoms with E-state index in [0.29, 0.717) is 29.7 Å². The van der Waals surface area contributed by atoms with Gasteiger partial charge in [0.1, 0.15) is 11.5 Å². The molecule has 0 spiro atoms. The predicted octanol–water partition coefficient (Wildman–Crippen LogP) is 2.01. The van der Waals surface area contributed by atoms with Gasteiger partial charge in [-0.25, -0.2) is 4.99 Å². The van der Waals surface area contributed by atoms with Crippen LogP contribution in [0, 0.1) is 0 Å². The number of hydrogen-bond donors (Lipinski definition) is 2. The van der Waals surface area contributed by atoms with Gasteiger partial charge in [0.2, 0.25) is 0 Å². The molecule has 0 aliphatic carbocycles. The summed E-state index contributed by atoms with van der Waals surface area (Å²) in [6.45, 7) is 6.14. The summed E-state index contributed by atoms with van der Waals surface area (Å²) in [4.78, 5) is 4.14. The molecule has 0 radical (unpaired) electrons. The molecule has 0 saturated heterocycles. The summed E-state index contributed by atoms with van der Waals surface area (Å²) in [6, 6.07) is 5.40. The molecule has 0 heterocycles. The highest BCUT2D eigenvalue weighted by molar-refractivity contribution is 5.94. The zero-order valence-electron chi connectivity index (χ0n) is 11.0. The first-order valence-electron chi connectivity index (χ1n) is 5.50. The van der Waals surface area contributed by atoms with Gasteiger partial charge in [0.15, 0.2) is 5.96 Å². The van der Waals surface area contributed by atoms with Gasteiger partial charge in [0, 0.05) is 6.07 Å². The maximum Gasteiger partial charge on any atom is 0.193 e. The van der Waals surface area contributed by atoms with Crippen LogP contribution in [-0.2, 0) is 0 Å². The van der Waals surface area contributed by atoms with Gasteiger partial charge in [0.05, 0.1) is 26.5 Å². The average molecular weight is 249 g/mol. The molecule has 0 bridgehead atoms. The topological polar surface area (TPSA) is 68.9 Å². The molecule has 0 unspecified atom stereocenters. The second-order valence-corrected chi connectivity index (χ2v) is 3.85. The highest BCUT2D eigenvalue weighted by atomic mass is 16.5. The van der Waals surface area contributed by atoms with Crippen molar-refractivity contribution in [3.63, 3.8) is 0 Å². The second-order valence-electron chi connectivity index (χ2n) is 3.85. The molecule has 1 aromatic carbocycles. The van der Waals surface area contributed by atoms with E-state index in [-0.39, 0.29) is 0 Å². The van der Waals surface area contributed by atoms with E-state index < -0.39 is 0 Å². The Hall–Kier alpha value is -2.17. The number of methoxy groups -OCH3 is 2. The summed E-state index contributed by atoms with van der Waals surface area (Å²) in [7, 11) is 3.19.